The lowest BCUT2D eigenvalue weighted by Gasteiger charge is -2.10. The number of hydrogen-bond acceptors (Lipinski definition) is 5. The van der Waals surface area contributed by atoms with Gasteiger partial charge >= 0.3 is 0 Å². The first-order valence-corrected chi connectivity index (χ1v) is 7.45. The maximum atomic E-state index is 13.2. The predicted octanol–water partition coefficient (Wildman–Crippen LogP) is 2.21. The van der Waals surface area contributed by atoms with E-state index in [-0.39, 0.29) is 27.6 Å². The minimum Gasteiger partial charge on any atom is -0.504 e. The zero-order valence-electron chi connectivity index (χ0n) is 11.4. The normalized spacial score (nSPS) is 10.8. The highest BCUT2D eigenvalue weighted by atomic mass is 32.2. The maximum absolute atomic E-state index is 13.2. The van der Waals surface area contributed by atoms with Crippen LogP contribution in [0, 0.1) is 17.1 Å². The van der Waals surface area contributed by atoms with Crippen LogP contribution in [0.3, 0.4) is 0 Å². The molecule has 0 aromatic heterocycles. The molecule has 2 aromatic rings. The van der Waals surface area contributed by atoms with Gasteiger partial charge in [-0.1, -0.05) is 0 Å². The van der Waals surface area contributed by atoms with Gasteiger partial charge in [0.2, 0.25) is 0 Å². The SMILES string of the molecule is COc1ccc(NS(=O)(=O)c2ccc(F)c(C#N)c2)cc1O. The van der Waals surface area contributed by atoms with Crippen molar-refractivity contribution in [3.8, 4) is 17.6 Å². The van der Waals surface area contributed by atoms with Crippen LogP contribution in [0.25, 0.3) is 0 Å². The minimum atomic E-state index is -4.02. The van der Waals surface area contributed by atoms with Gasteiger partial charge in [-0.2, -0.15) is 5.26 Å². The van der Waals surface area contributed by atoms with Gasteiger partial charge in [-0.25, -0.2) is 12.8 Å². The van der Waals surface area contributed by atoms with Crippen LogP contribution in [0.5, 0.6) is 11.5 Å². The third-order valence-corrected chi connectivity index (χ3v) is 4.18. The van der Waals surface area contributed by atoms with E-state index in [2.05, 4.69) is 4.72 Å². The zero-order valence-corrected chi connectivity index (χ0v) is 12.2. The number of methoxy groups -OCH3 is 1. The van der Waals surface area contributed by atoms with Gasteiger partial charge < -0.3 is 9.84 Å². The molecule has 0 atom stereocenters. The van der Waals surface area contributed by atoms with Crippen molar-refractivity contribution in [2.75, 3.05) is 11.8 Å². The number of hydrogen-bond donors (Lipinski definition) is 2. The molecule has 0 heterocycles. The number of halogens is 1. The first-order valence-electron chi connectivity index (χ1n) is 5.97. The van der Waals surface area contributed by atoms with E-state index < -0.39 is 15.8 Å². The first kappa shape index (κ1) is 15.6. The summed E-state index contributed by atoms with van der Waals surface area (Å²) in [6.07, 6.45) is 0. The molecular formula is C14H11FN2O4S. The Morgan fingerprint density at radius 3 is 2.59 bits per heavy atom. The molecule has 6 nitrogen and oxygen atoms in total. The summed E-state index contributed by atoms with van der Waals surface area (Å²) in [5.74, 6) is -0.848. The Labute approximate surface area is 126 Å². The molecule has 0 saturated carbocycles. The van der Waals surface area contributed by atoms with Crippen LogP contribution in [0.4, 0.5) is 10.1 Å². The summed E-state index contributed by atoms with van der Waals surface area (Å²) in [5.41, 5.74) is -0.276. The highest BCUT2D eigenvalue weighted by molar-refractivity contribution is 7.92. The van der Waals surface area contributed by atoms with Gasteiger partial charge in [0.25, 0.3) is 10.0 Å². The molecule has 2 aromatic carbocycles. The van der Waals surface area contributed by atoms with E-state index in [1.54, 1.807) is 6.07 Å². The number of benzene rings is 2. The number of nitrogens with one attached hydrogen (secondary N) is 1. The van der Waals surface area contributed by atoms with Crippen molar-refractivity contribution < 1.29 is 22.7 Å². The van der Waals surface area contributed by atoms with Crippen LogP contribution in [-0.2, 0) is 10.0 Å². The van der Waals surface area contributed by atoms with E-state index in [0.29, 0.717) is 0 Å². The van der Waals surface area contributed by atoms with Crippen molar-refractivity contribution in [3.05, 3.63) is 47.8 Å². The van der Waals surface area contributed by atoms with Crippen molar-refractivity contribution in [3.63, 3.8) is 0 Å². The smallest absolute Gasteiger partial charge is 0.261 e. The lowest BCUT2D eigenvalue weighted by Crippen LogP contribution is -2.13. The molecule has 2 N–H and O–H groups in total. The summed E-state index contributed by atoms with van der Waals surface area (Å²) in [5, 5.41) is 18.4. The molecule has 0 aliphatic carbocycles. The van der Waals surface area contributed by atoms with Gasteiger partial charge in [0.1, 0.15) is 11.9 Å². The standard InChI is InChI=1S/C14H11FN2O4S/c1-21-14-5-2-10(7-13(14)18)17-22(19,20)11-3-4-12(15)9(6-11)8-16/h2-7,17-18H,1H3. The monoisotopic (exact) mass is 322 g/mol. The van der Waals surface area contributed by atoms with E-state index in [0.717, 1.165) is 18.2 Å². The molecule has 0 spiro atoms. The van der Waals surface area contributed by atoms with Gasteiger partial charge in [-0.05, 0) is 30.3 Å². The third kappa shape index (κ3) is 3.10. The number of aromatic hydroxyl groups is 1. The molecular weight excluding hydrogens is 311 g/mol. The summed E-state index contributed by atoms with van der Waals surface area (Å²) < 4.78 is 44.7. The van der Waals surface area contributed by atoms with E-state index in [1.807, 2.05) is 0 Å². The van der Waals surface area contributed by atoms with E-state index >= 15 is 0 Å². The summed E-state index contributed by atoms with van der Waals surface area (Å²) in [7, 11) is -2.66. The Balaban J connectivity index is 2.36. The maximum Gasteiger partial charge on any atom is 0.261 e. The second-order valence-electron chi connectivity index (χ2n) is 4.25. The summed E-state index contributed by atoms with van der Waals surface area (Å²) in [6, 6.07) is 8.40. The Hall–Kier alpha value is -2.79. The van der Waals surface area contributed by atoms with Crippen molar-refractivity contribution >= 4 is 15.7 Å². The van der Waals surface area contributed by atoms with Crippen LogP contribution < -0.4 is 9.46 Å². The average molecular weight is 322 g/mol. The van der Waals surface area contributed by atoms with Gasteiger partial charge in [0.05, 0.1) is 23.3 Å². The highest BCUT2D eigenvalue weighted by Gasteiger charge is 2.17. The molecule has 0 amide bonds. The number of sulfonamides is 1. The number of nitrogens with zero attached hydrogens (tertiary/aromatic N) is 1. The molecule has 22 heavy (non-hydrogen) atoms. The minimum absolute atomic E-state index is 0.0983. The Morgan fingerprint density at radius 1 is 1.27 bits per heavy atom. The fourth-order valence-corrected chi connectivity index (χ4v) is 2.80. The number of anilines is 1. The molecule has 0 aliphatic rings. The van der Waals surface area contributed by atoms with Gasteiger partial charge in [-0.3, -0.25) is 4.72 Å². The van der Waals surface area contributed by atoms with Crippen LogP contribution in [-0.4, -0.2) is 20.6 Å². The second-order valence-corrected chi connectivity index (χ2v) is 5.93. The molecule has 2 rings (SSSR count). The first-order chi connectivity index (χ1) is 10.4. The predicted molar refractivity (Wildman–Crippen MR) is 76.6 cm³/mol. The highest BCUT2D eigenvalue weighted by Crippen LogP contribution is 2.29. The Kier molecular flexibility index (Phi) is 4.19. The lowest BCUT2D eigenvalue weighted by molar-refractivity contribution is 0.373. The van der Waals surface area contributed by atoms with Crippen molar-refractivity contribution in [1.82, 2.24) is 0 Å². The largest absolute Gasteiger partial charge is 0.504 e. The topological polar surface area (TPSA) is 99.4 Å². The van der Waals surface area contributed by atoms with Crippen LogP contribution in [0.2, 0.25) is 0 Å². The molecule has 0 radical (unpaired) electrons. The zero-order chi connectivity index (χ0) is 16.3. The number of nitriles is 1. The number of phenolic OH excluding ortho intramolecular Hbond substituents is 1. The fraction of sp³-hybridized carbons (Fsp3) is 0.0714. The van der Waals surface area contributed by atoms with Crippen LogP contribution >= 0.6 is 0 Å². The van der Waals surface area contributed by atoms with E-state index in [1.165, 1.54) is 25.3 Å². The van der Waals surface area contributed by atoms with E-state index in [4.69, 9.17) is 10.00 Å². The number of rotatable bonds is 4. The molecule has 0 unspecified atom stereocenters. The molecule has 0 fully saturated rings. The van der Waals surface area contributed by atoms with Crippen molar-refractivity contribution in [1.29, 1.82) is 5.26 Å². The molecule has 8 heteroatoms. The molecule has 114 valence electrons. The van der Waals surface area contributed by atoms with Gasteiger partial charge in [0.15, 0.2) is 11.5 Å². The van der Waals surface area contributed by atoms with Crippen LogP contribution in [0.1, 0.15) is 5.56 Å². The van der Waals surface area contributed by atoms with Gasteiger partial charge in [0, 0.05) is 6.07 Å². The summed E-state index contributed by atoms with van der Waals surface area (Å²) >= 11 is 0. The average Bonchev–Trinajstić information content (AvgIpc) is 2.47. The molecule has 0 bridgehead atoms. The second kappa shape index (κ2) is 5.91. The third-order valence-electron chi connectivity index (χ3n) is 2.80. The fourth-order valence-electron chi connectivity index (χ4n) is 1.72. The van der Waals surface area contributed by atoms with Crippen molar-refractivity contribution in [2.45, 2.75) is 4.90 Å². The van der Waals surface area contributed by atoms with Crippen molar-refractivity contribution in [2.24, 2.45) is 0 Å². The quantitative estimate of drug-likeness (QED) is 0.899. The number of ether oxygens (including phenoxy) is 1. The van der Waals surface area contributed by atoms with E-state index in [9.17, 15) is 17.9 Å². The Bertz CT molecular complexity index is 860. The number of phenols is 1. The molecule has 0 aliphatic heterocycles. The lowest BCUT2D eigenvalue weighted by atomic mass is 10.2. The Morgan fingerprint density at radius 2 is 2.00 bits per heavy atom. The van der Waals surface area contributed by atoms with Gasteiger partial charge in [-0.15, -0.1) is 0 Å². The van der Waals surface area contributed by atoms with Crippen LogP contribution in [0.15, 0.2) is 41.3 Å². The summed E-state index contributed by atoms with van der Waals surface area (Å²) in [4.78, 5) is -0.263. The molecule has 0 saturated heterocycles. The summed E-state index contributed by atoms with van der Waals surface area (Å²) in [6.45, 7) is 0.